The lowest BCUT2D eigenvalue weighted by atomic mass is 9.93. The molecule has 0 aliphatic carbocycles. The summed E-state index contributed by atoms with van der Waals surface area (Å²) in [6.07, 6.45) is 0.708. The number of carbonyl (C=O) groups excluding carboxylic acids is 2. The molecule has 0 saturated carbocycles. The van der Waals surface area contributed by atoms with Crippen molar-refractivity contribution in [3.8, 4) is 27.3 Å². The molecule has 2 aromatic carbocycles. The Labute approximate surface area is 247 Å². The third-order valence-corrected chi connectivity index (χ3v) is 8.04. The molecule has 0 unspecified atom stereocenters. The minimum absolute atomic E-state index is 0.0207. The summed E-state index contributed by atoms with van der Waals surface area (Å²) in [5, 5.41) is 17.9. The minimum atomic E-state index is -1.32. The predicted octanol–water partition coefficient (Wildman–Crippen LogP) is 5.52. The lowest BCUT2D eigenvalue weighted by Crippen LogP contribution is -2.28. The topological polar surface area (TPSA) is 144 Å². The largest absolute Gasteiger partial charge is 0.493 e. The van der Waals surface area contributed by atoms with Crippen molar-refractivity contribution in [1.29, 1.82) is 0 Å². The van der Waals surface area contributed by atoms with E-state index in [1.54, 1.807) is 29.5 Å². The van der Waals surface area contributed by atoms with Crippen molar-refractivity contribution in [3.05, 3.63) is 87.6 Å². The number of aromatic carboxylic acids is 1. The molecule has 0 bridgehead atoms. The van der Waals surface area contributed by atoms with Crippen LogP contribution in [-0.2, 0) is 13.0 Å². The normalized spacial score (nSPS) is 12.1. The molecule has 216 valence electrons. The molecular weight excluding hydrogens is 552 g/mol. The maximum absolute atomic E-state index is 13.9. The zero-order chi connectivity index (χ0) is 30.0. The third-order valence-electron chi connectivity index (χ3n) is 7.05. The number of benzene rings is 2. The Kier molecular flexibility index (Phi) is 8.37. The van der Waals surface area contributed by atoms with Gasteiger partial charge in [0.2, 0.25) is 0 Å². The van der Waals surface area contributed by atoms with Crippen molar-refractivity contribution in [2.24, 2.45) is 11.7 Å². The number of nitrogens with two attached hydrogens (primary N) is 1. The number of carboxylic acids is 1. The lowest BCUT2D eigenvalue weighted by Gasteiger charge is -2.18. The van der Waals surface area contributed by atoms with Crippen molar-refractivity contribution in [3.63, 3.8) is 0 Å². The Balaban J connectivity index is 1.65. The van der Waals surface area contributed by atoms with E-state index < -0.39 is 17.8 Å². The first-order valence-corrected chi connectivity index (χ1v) is 14.6. The van der Waals surface area contributed by atoms with Crippen LogP contribution >= 0.6 is 11.3 Å². The van der Waals surface area contributed by atoms with Crippen LogP contribution in [0.15, 0.2) is 53.9 Å². The van der Waals surface area contributed by atoms with Gasteiger partial charge < -0.3 is 26.2 Å². The Bertz CT molecular complexity index is 1690. The molecule has 0 fully saturated rings. The quantitative estimate of drug-likeness (QED) is 0.214. The van der Waals surface area contributed by atoms with Gasteiger partial charge in [-0.15, -0.1) is 11.3 Å². The van der Waals surface area contributed by atoms with Crippen LogP contribution in [0.2, 0.25) is 0 Å². The number of nitrogens with one attached hydrogen (secondary N) is 2. The van der Waals surface area contributed by atoms with Crippen LogP contribution in [0.3, 0.4) is 0 Å². The van der Waals surface area contributed by atoms with Crippen LogP contribution in [0.5, 0.6) is 5.75 Å². The number of carbonyl (C=O) groups is 3. The molecule has 10 heteroatoms. The summed E-state index contributed by atoms with van der Waals surface area (Å²) in [5.74, 6) is -1.45. The molecule has 0 radical (unpaired) electrons. The van der Waals surface area contributed by atoms with E-state index in [0.29, 0.717) is 43.1 Å². The number of pyridine rings is 1. The predicted molar refractivity (Wildman–Crippen MR) is 163 cm³/mol. The highest BCUT2D eigenvalue weighted by atomic mass is 32.1. The Morgan fingerprint density at radius 2 is 1.86 bits per heavy atom. The van der Waals surface area contributed by atoms with E-state index in [1.165, 1.54) is 12.1 Å². The number of aromatic nitrogens is 1. The molecule has 2 amide bonds. The van der Waals surface area contributed by atoms with Gasteiger partial charge in [-0.05, 0) is 71.3 Å². The van der Waals surface area contributed by atoms with E-state index in [-0.39, 0.29) is 28.4 Å². The number of anilines is 1. The molecule has 42 heavy (non-hydrogen) atoms. The zero-order valence-corrected chi connectivity index (χ0v) is 24.4. The van der Waals surface area contributed by atoms with Crippen LogP contribution in [0.25, 0.3) is 21.6 Å². The fourth-order valence-electron chi connectivity index (χ4n) is 4.86. The van der Waals surface area contributed by atoms with Crippen LogP contribution in [-0.4, -0.2) is 41.0 Å². The van der Waals surface area contributed by atoms with Crippen LogP contribution in [0.1, 0.15) is 61.9 Å². The van der Waals surface area contributed by atoms with E-state index in [4.69, 9.17) is 10.5 Å². The second-order valence-electron chi connectivity index (χ2n) is 10.6. The van der Waals surface area contributed by atoms with Crippen molar-refractivity contribution in [2.75, 3.05) is 18.5 Å². The molecule has 9 nitrogen and oxygen atoms in total. The van der Waals surface area contributed by atoms with Crippen LogP contribution in [0, 0.1) is 12.8 Å². The molecule has 5 N–H and O–H groups in total. The average Bonchev–Trinajstić information content (AvgIpc) is 3.37. The van der Waals surface area contributed by atoms with E-state index in [0.717, 1.165) is 27.1 Å². The van der Waals surface area contributed by atoms with E-state index in [9.17, 15) is 19.5 Å². The van der Waals surface area contributed by atoms with Crippen molar-refractivity contribution < 1.29 is 24.2 Å². The molecule has 0 spiro atoms. The van der Waals surface area contributed by atoms with Crippen LogP contribution in [0.4, 0.5) is 5.69 Å². The second kappa shape index (κ2) is 12.1. The maximum atomic E-state index is 13.9. The second-order valence-corrected chi connectivity index (χ2v) is 11.5. The fourth-order valence-corrected chi connectivity index (χ4v) is 5.84. The highest BCUT2D eigenvalue weighted by Gasteiger charge is 2.26. The number of amides is 2. The highest BCUT2D eigenvalue weighted by molar-refractivity contribution is 7.13. The summed E-state index contributed by atoms with van der Waals surface area (Å²) < 4.78 is 6.10. The lowest BCUT2D eigenvalue weighted by molar-refractivity contribution is 0.0691. The van der Waals surface area contributed by atoms with Gasteiger partial charge in [0.15, 0.2) is 5.69 Å². The highest BCUT2D eigenvalue weighted by Crippen LogP contribution is 2.43. The van der Waals surface area contributed by atoms with E-state index in [2.05, 4.69) is 15.6 Å². The van der Waals surface area contributed by atoms with E-state index in [1.807, 2.05) is 44.4 Å². The number of carboxylic acid groups (broad SMARTS) is 1. The van der Waals surface area contributed by atoms with Gasteiger partial charge in [-0.2, -0.15) is 0 Å². The van der Waals surface area contributed by atoms with Gasteiger partial charge in [-0.3, -0.25) is 9.59 Å². The van der Waals surface area contributed by atoms with Gasteiger partial charge in [-0.1, -0.05) is 26.0 Å². The number of nitrogens with zero attached hydrogens (tertiary/aromatic N) is 1. The van der Waals surface area contributed by atoms with Gasteiger partial charge in [0, 0.05) is 52.3 Å². The number of aryl methyl sites for hydroxylation is 1. The number of hydrogen-bond acceptors (Lipinski definition) is 7. The SMILES string of the molecule is Cc1cc(CN)ccc1NC(=O)c1cc2c(cc1-c1ccc(C(=O)NCC(C)C)nc1C(=O)O)OCCc1ccsc1-2. The van der Waals surface area contributed by atoms with Crippen molar-refractivity contribution >= 4 is 34.8 Å². The summed E-state index contributed by atoms with van der Waals surface area (Å²) in [6.45, 7) is 7.04. The standard InChI is InChI=1S/C32H32N4O5S/c1-17(2)16-34-31(38)26-7-5-21(28(35-26)32(39)40)22-14-27-24(29-20(8-10-41-27)9-11-42-29)13-23(22)30(37)36-25-6-4-19(15-33)12-18(25)3/h4-7,9,11-14,17H,8,10,15-16,33H2,1-3H3,(H,34,38)(H,36,37)(H,39,40). The van der Waals surface area contributed by atoms with Gasteiger partial charge >= 0.3 is 5.97 Å². The van der Waals surface area contributed by atoms with Gasteiger partial charge in [0.05, 0.1) is 6.61 Å². The minimum Gasteiger partial charge on any atom is -0.493 e. The van der Waals surface area contributed by atoms with E-state index >= 15 is 0 Å². The average molecular weight is 585 g/mol. The first-order chi connectivity index (χ1) is 20.2. The zero-order valence-electron chi connectivity index (χ0n) is 23.6. The number of rotatable bonds is 8. The summed E-state index contributed by atoms with van der Waals surface area (Å²) in [5.41, 5.74) is 10.5. The molecular formula is C32H32N4O5S. The molecule has 2 aromatic heterocycles. The molecule has 0 atom stereocenters. The monoisotopic (exact) mass is 584 g/mol. The molecule has 4 aromatic rings. The first-order valence-electron chi connectivity index (χ1n) is 13.7. The Morgan fingerprint density at radius 1 is 1.05 bits per heavy atom. The molecule has 3 heterocycles. The molecule has 1 aliphatic rings. The number of hydrogen-bond donors (Lipinski definition) is 4. The number of fused-ring (bicyclic) bond motifs is 3. The smallest absolute Gasteiger partial charge is 0.355 e. The summed E-state index contributed by atoms with van der Waals surface area (Å²) >= 11 is 1.56. The summed E-state index contributed by atoms with van der Waals surface area (Å²) in [7, 11) is 0. The maximum Gasteiger partial charge on any atom is 0.355 e. The molecule has 0 saturated heterocycles. The Morgan fingerprint density at radius 3 is 2.57 bits per heavy atom. The molecule has 5 rings (SSSR count). The number of ether oxygens (including phenoxy) is 1. The van der Waals surface area contributed by atoms with Gasteiger partial charge in [0.25, 0.3) is 11.8 Å². The van der Waals surface area contributed by atoms with Gasteiger partial charge in [0.1, 0.15) is 11.4 Å². The fraction of sp³-hybridized carbons (Fsp3) is 0.250. The molecule has 1 aliphatic heterocycles. The third kappa shape index (κ3) is 5.90. The summed E-state index contributed by atoms with van der Waals surface area (Å²) in [6, 6.07) is 14.0. The van der Waals surface area contributed by atoms with Crippen molar-refractivity contribution in [1.82, 2.24) is 10.3 Å². The Hall–Kier alpha value is -4.54. The van der Waals surface area contributed by atoms with Gasteiger partial charge in [-0.25, -0.2) is 9.78 Å². The van der Waals surface area contributed by atoms with Crippen molar-refractivity contribution in [2.45, 2.75) is 33.7 Å². The summed E-state index contributed by atoms with van der Waals surface area (Å²) in [4.78, 5) is 44.3. The number of thiophene rings is 1. The van der Waals surface area contributed by atoms with Crippen LogP contribution < -0.4 is 21.1 Å². The first kappa shape index (κ1) is 29.0.